The summed E-state index contributed by atoms with van der Waals surface area (Å²) in [6.07, 6.45) is 19.0. The third-order valence-corrected chi connectivity index (χ3v) is 5.46. The van der Waals surface area contributed by atoms with Crippen molar-refractivity contribution in [1.82, 2.24) is 15.5 Å². The van der Waals surface area contributed by atoms with E-state index in [2.05, 4.69) is 43.1 Å². The summed E-state index contributed by atoms with van der Waals surface area (Å²) in [5.41, 5.74) is 0. The van der Waals surface area contributed by atoms with Crippen LogP contribution < -0.4 is 10.6 Å². The molecule has 0 fully saturated rings. The third kappa shape index (κ3) is 32.3. The molecule has 0 unspecified atom stereocenters. The Morgan fingerprint density at radius 1 is 0.706 bits per heavy atom. The number of carbonyl (C=O) groups is 3. The van der Waals surface area contributed by atoms with E-state index in [9.17, 15) is 14.4 Å². The first-order chi connectivity index (χ1) is 16.3. The molecule has 7 heteroatoms. The number of carboxylic acid groups (broad SMARTS) is 1. The quantitative estimate of drug-likeness (QED) is 0.143. The van der Waals surface area contributed by atoms with Crippen LogP contribution in [0.25, 0.3) is 0 Å². The van der Waals surface area contributed by atoms with Crippen LogP contribution in [0.5, 0.6) is 0 Å². The first kappa shape index (κ1) is 34.3. The van der Waals surface area contributed by atoms with Crippen molar-refractivity contribution in [2.45, 2.75) is 110 Å². The number of carboxylic acids is 1. The Labute approximate surface area is 209 Å². The lowest BCUT2D eigenvalue weighted by Gasteiger charge is -2.09. The van der Waals surface area contributed by atoms with E-state index in [4.69, 9.17) is 5.11 Å². The van der Waals surface area contributed by atoms with Crippen LogP contribution in [-0.2, 0) is 14.4 Å². The van der Waals surface area contributed by atoms with Crippen molar-refractivity contribution in [1.29, 1.82) is 0 Å². The molecule has 0 aromatic rings. The predicted molar refractivity (Wildman–Crippen MR) is 142 cm³/mol. The van der Waals surface area contributed by atoms with Gasteiger partial charge in [0.2, 0.25) is 11.8 Å². The molecule has 0 aliphatic rings. The number of rotatable bonds is 22. The van der Waals surface area contributed by atoms with E-state index in [1.807, 2.05) is 0 Å². The molecule has 0 aliphatic carbocycles. The highest BCUT2D eigenvalue weighted by molar-refractivity contribution is 5.83. The second kappa shape index (κ2) is 27.4. The smallest absolute Gasteiger partial charge is 0.327 e. The molecule has 0 saturated carbocycles. The summed E-state index contributed by atoms with van der Waals surface area (Å²) in [7, 11) is 4.18. The van der Waals surface area contributed by atoms with Gasteiger partial charge in [0.05, 0.1) is 0 Å². The lowest BCUT2D eigenvalue weighted by atomic mass is 10.1. The zero-order chi connectivity index (χ0) is 25.9. The van der Waals surface area contributed by atoms with Gasteiger partial charge in [0.1, 0.15) is 0 Å². The molecule has 3 N–H and O–H groups in total. The number of aliphatic carboxylic acids is 1. The van der Waals surface area contributed by atoms with Crippen molar-refractivity contribution in [3.63, 3.8) is 0 Å². The molecule has 0 spiro atoms. The van der Waals surface area contributed by atoms with Crippen LogP contribution in [-0.4, -0.2) is 61.5 Å². The molecule has 0 atom stereocenters. The van der Waals surface area contributed by atoms with Crippen LogP contribution in [0, 0.1) is 0 Å². The summed E-state index contributed by atoms with van der Waals surface area (Å²) in [5, 5.41) is 13.5. The average Bonchev–Trinajstić information content (AvgIpc) is 2.80. The maximum atomic E-state index is 11.8. The molecule has 0 radical (unpaired) electrons. The molecule has 0 bridgehead atoms. The maximum absolute atomic E-state index is 11.8. The van der Waals surface area contributed by atoms with Crippen LogP contribution in [0.3, 0.4) is 0 Å². The molecule has 34 heavy (non-hydrogen) atoms. The largest absolute Gasteiger partial charge is 0.478 e. The van der Waals surface area contributed by atoms with E-state index in [1.54, 1.807) is 0 Å². The topological polar surface area (TPSA) is 98.7 Å². The summed E-state index contributed by atoms with van der Waals surface area (Å²) >= 11 is 0. The minimum absolute atomic E-state index is 0.000223. The molecule has 0 aliphatic heterocycles. The SMILES string of the molecule is C=CC(=O)O.CCCCCCCCCCCCNC(=O)CCC(=O)NCCCCCCN(C)C. The normalized spacial score (nSPS) is 10.4. The molecular weight excluding hydrogens is 430 g/mol. The molecule has 2 amide bonds. The molecule has 200 valence electrons. The summed E-state index contributed by atoms with van der Waals surface area (Å²) in [4.78, 5) is 35.1. The van der Waals surface area contributed by atoms with Crippen molar-refractivity contribution in [3.8, 4) is 0 Å². The van der Waals surface area contributed by atoms with Gasteiger partial charge in [-0.25, -0.2) is 4.79 Å². The van der Waals surface area contributed by atoms with Crippen LogP contribution >= 0.6 is 0 Å². The highest BCUT2D eigenvalue weighted by Gasteiger charge is 2.06. The Bertz CT molecular complexity index is 510. The molecule has 7 nitrogen and oxygen atoms in total. The van der Waals surface area contributed by atoms with Crippen molar-refractivity contribution in [3.05, 3.63) is 12.7 Å². The molecular formula is C27H53N3O4. The number of amides is 2. The third-order valence-electron chi connectivity index (χ3n) is 5.46. The van der Waals surface area contributed by atoms with E-state index in [0.717, 1.165) is 45.0 Å². The number of unbranched alkanes of at least 4 members (excludes halogenated alkanes) is 12. The highest BCUT2D eigenvalue weighted by Crippen LogP contribution is 2.10. The van der Waals surface area contributed by atoms with Crippen molar-refractivity contribution in [2.75, 3.05) is 33.7 Å². The fourth-order valence-corrected chi connectivity index (χ4v) is 3.38. The Balaban J connectivity index is 0. The van der Waals surface area contributed by atoms with E-state index < -0.39 is 5.97 Å². The minimum Gasteiger partial charge on any atom is -0.478 e. The first-order valence-electron chi connectivity index (χ1n) is 13.4. The second-order valence-electron chi connectivity index (χ2n) is 9.14. The number of nitrogens with zero attached hydrogens (tertiary/aromatic N) is 1. The Hall–Kier alpha value is -1.89. The Morgan fingerprint density at radius 2 is 1.06 bits per heavy atom. The molecule has 0 aromatic carbocycles. The van der Waals surface area contributed by atoms with Crippen molar-refractivity contribution >= 4 is 17.8 Å². The van der Waals surface area contributed by atoms with Crippen molar-refractivity contribution in [2.24, 2.45) is 0 Å². The van der Waals surface area contributed by atoms with E-state index in [1.165, 1.54) is 70.6 Å². The fourth-order valence-electron chi connectivity index (χ4n) is 3.38. The minimum atomic E-state index is -0.981. The van der Waals surface area contributed by atoms with Crippen molar-refractivity contribution < 1.29 is 19.5 Å². The highest BCUT2D eigenvalue weighted by atomic mass is 16.4. The van der Waals surface area contributed by atoms with Gasteiger partial charge in [-0.1, -0.05) is 84.1 Å². The Morgan fingerprint density at radius 3 is 1.41 bits per heavy atom. The van der Waals surface area contributed by atoms with Crippen LogP contribution in [0.4, 0.5) is 0 Å². The summed E-state index contributed by atoms with van der Waals surface area (Å²) in [6, 6.07) is 0. The van der Waals surface area contributed by atoms with E-state index in [0.29, 0.717) is 12.8 Å². The number of nitrogens with one attached hydrogen (secondary N) is 2. The summed E-state index contributed by atoms with van der Waals surface area (Å²) < 4.78 is 0. The average molecular weight is 484 g/mol. The predicted octanol–water partition coefficient (Wildman–Crippen LogP) is 5.30. The lowest BCUT2D eigenvalue weighted by molar-refractivity contribution is -0.131. The molecule has 0 heterocycles. The van der Waals surface area contributed by atoms with Crippen LogP contribution in [0.1, 0.15) is 110 Å². The van der Waals surface area contributed by atoms with E-state index in [-0.39, 0.29) is 11.8 Å². The van der Waals surface area contributed by atoms with Gasteiger partial charge in [-0.05, 0) is 39.9 Å². The zero-order valence-corrected chi connectivity index (χ0v) is 22.3. The van der Waals surface area contributed by atoms with Gasteiger partial charge in [-0.2, -0.15) is 0 Å². The number of hydrogen-bond acceptors (Lipinski definition) is 4. The standard InChI is InChI=1S/C24H49N3O2.C3H4O2/c1-4-5-6-7-8-9-10-11-12-15-20-25-23(28)18-19-24(29)26-21-16-13-14-17-22-27(2)3;1-2-3(4)5/h4-22H2,1-3H3,(H,25,28)(H,26,29);2H,1H2,(H,4,5). The zero-order valence-electron chi connectivity index (χ0n) is 22.3. The maximum Gasteiger partial charge on any atom is 0.327 e. The van der Waals surface area contributed by atoms with Gasteiger partial charge >= 0.3 is 5.97 Å². The Kier molecular flexibility index (Phi) is 27.6. The van der Waals surface area contributed by atoms with Gasteiger partial charge in [-0.15, -0.1) is 0 Å². The molecule has 0 rings (SSSR count). The fraction of sp³-hybridized carbons (Fsp3) is 0.815. The van der Waals surface area contributed by atoms with Gasteiger partial charge < -0.3 is 20.6 Å². The van der Waals surface area contributed by atoms with Gasteiger partial charge in [0.25, 0.3) is 0 Å². The summed E-state index contributed by atoms with van der Waals surface area (Å²) in [6.45, 7) is 7.80. The number of hydrogen-bond donors (Lipinski definition) is 3. The van der Waals surface area contributed by atoms with E-state index >= 15 is 0 Å². The van der Waals surface area contributed by atoms with Gasteiger partial charge in [0.15, 0.2) is 0 Å². The first-order valence-corrected chi connectivity index (χ1v) is 13.4. The monoisotopic (exact) mass is 483 g/mol. The van der Waals surface area contributed by atoms with Gasteiger partial charge in [0, 0.05) is 32.0 Å². The summed E-state index contributed by atoms with van der Waals surface area (Å²) in [5.74, 6) is -0.989. The second-order valence-corrected chi connectivity index (χ2v) is 9.14. The lowest BCUT2D eigenvalue weighted by Crippen LogP contribution is -2.28. The molecule has 0 saturated heterocycles. The van der Waals surface area contributed by atoms with Crippen LogP contribution in [0.15, 0.2) is 12.7 Å². The van der Waals surface area contributed by atoms with Gasteiger partial charge in [-0.3, -0.25) is 9.59 Å². The van der Waals surface area contributed by atoms with Crippen LogP contribution in [0.2, 0.25) is 0 Å². The molecule has 0 aromatic heterocycles. The number of carbonyl (C=O) groups excluding carboxylic acids is 2.